The molecule has 0 aliphatic heterocycles. The van der Waals surface area contributed by atoms with E-state index in [0.29, 0.717) is 17.3 Å². The molecule has 0 bridgehead atoms. The summed E-state index contributed by atoms with van der Waals surface area (Å²) >= 11 is 0. The average Bonchev–Trinajstić information content (AvgIpc) is 2.98. The molecule has 0 heterocycles. The van der Waals surface area contributed by atoms with Crippen LogP contribution in [0.25, 0.3) is 0 Å². The largest absolute Gasteiger partial charge is 0.469 e. The van der Waals surface area contributed by atoms with Gasteiger partial charge in [0.1, 0.15) is 0 Å². The number of methoxy groups -OCH3 is 1. The number of hydrogen-bond donors (Lipinski definition) is 1. The van der Waals surface area contributed by atoms with Crippen molar-refractivity contribution in [3.8, 4) is 0 Å². The molecule has 3 nitrogen and oxygen atoms in total. The maximum Gasteiger partial charge on any atom is 0.305 e. The van der Waals surface area contributed by atoms with Crippen LogP contribution in [0.2, 0.25) is 0 Å². The lowest BCUT2D eigenvalue weighted by molar-refractivity contribution is -0.140. The number of allylic oxidation sites excluding steroid dienone is 1. The zero-order chi connectivity index (χ0) is 20.2. The van der Waals surface area contributed by atoms with Gasteiger partial charge in [0.25, 0.3) is 0 Å². The molecule has 7 atom stereocenters. The van der Waals surface area contributed by atoms with Crippen LogP contribution in [0.15, 0.2) is 11.6 Å². The SMILES string of the molecule is COC(=O)CCCC1CCC2C3CC=C4C[C@@](C)(O)CCC4(C)C3CCC12C. The summed E-state index contributed by atoms with van der Waals surface area (Å²) in [6.45, 7) is 7.10. The van der Waals surface area contributed by atoms with Gasteiger partial charge in [-0.15, -0.1) is 0 Å². The lowest BCUT2D eigenvalue weighted by atomic mass is 9.46. The van der Waals surface area contributed by atoms with Crippen LogP contribution in [0.1, 0.15) is 91.4 Å². The highest BCUT2D eigenvalue weighted by atomic mass is 16.5. The van der Waals surface area contributed by atoms with Gasteiger partial charge in [-0.3, -0.25) is 4.79 Å². The number of aliphatic hydroxyl groups is 1. The second-order valence-corrected chi connectivity index (χ2v) is 11.2. The minimum Gasteiger partial charge on any atom is -0.469 e. The van der Waals surface area contributed by atoms with Gasteiger partial charge in [0.05, 0.1) is 12.7 Å². The van der Waals surface area contributed by atoms with Gasteiger partial charge in [0.15, 0.2) is 0 Å². The van der Waals surface area contributed by atoms with Gasteiger partial charge in [-0.25, -0.2) is 0 Å². The molecule has 4 aliphatic rings. The van der Waals surface area contributed by atoms with Crippen molar-refractivity contribution >= 4 is 5.97 Å². The van der Waals surface area contributed by atoms with Crippen molar-refractivity contribution in [1.82, 2.24) is 0 Å². The van der Waals surface area contributed by atoms with Crippen molar-refractivity contribution in [3.05, 3.63) is 11.6 Å². The Balaban J connectivity index is 1.49. The van der Waals surface area contributed by atoms with Gasteiger partial charge in [0, 0.05) is 6.42 Å². The molecule has 0 aromatic carbocycles. The molecule has 0 saturated heterocycles. The molecule has 1 N–H and O–H groups in total. The molecule has 0 aromatic rings. The Morgan fingerprint density at radius 3 is 2.68 bits per heavy atom. The van der Waals surface area contributed by atoms with E-state index in [1.54, 1.807) is 5.57 Å². The van der Waals surface area contributed by atoms with Crippen LogP contribution < -0.4 is 0 Å². The Morgan fingerprint density at radius 2 is 1.93 bits per heavy atom. The highest BCUT2D eigenvalue weighted by Gasteiger charge is 2.58. The average molecular weight is 389 g/mol. The molecule has 158 valence electrons. The van der Waals surface area contributed by atoms with E-state index >= 15 is 0 Å². The second-order valence-electron chi connectivity index (χ2n) is 11.2. The van der Waals surface area contributed by atoms with Crippen molar-refractivity contribution in [2.45, 2.75) is 97.0 Å². The quantitative estimate of drug-likeness (QED) is 0.499. The maximum atomic E-state index is 11.5. The van der Waals surface area contributed by atoms with Crippen molar-refractivity contribution in [3.63, 3.8) is 0 Å². The molecule has 0 aromatic heterocycles. The van der Waals surface area contributed by atoms with Gasteiger partial charge in [-0.1, -0.05) is 25.5 Å². The predicted octanol–water partition coefficient (Wildman–Crippen LogP) is 5.66. The minimum absolute atomic E-state index is 0.0607. The van der Waals surface area contributed by atoms with Crippen LogP contribution in [-0.4, -0.2) is 23.8 Å². The fourth-order valence-corrected chi connectivity index (χ4v) is 7.98. The Hall–Kier alpha value is -0.830. The summed E-state index contributed by atoms with van der Waals surface area (Å²) in [4.78, 5) is 11.5. The van der Waals surface area contributed by atoms with Crippen LogP contribution in [-0.2, 0) is 9.53 Å². The Kier molecular flexibility index (Phi) is 5.22. The van der Waals surface area contributed by atoms with E-state index in [9.17, 15) is 9.90 Å². The van der Waals surface area contributed by atoms with Crippen molar-refractivity contribution in [2.75, 3.05) is 7.11 Å². The number of ether oxygens (including phenoxy) is 1. The first kappa shape index (κ1) is 20.4. The van der Waals surface area contributed by atoms with Crippen LogP contribution >= 0.6 is 0 Å². The van der Waals surface area contributed by atoms with Gasteiger partial charge in [-0.2, -0.15) is 0 Å². The molecule has 0 radical (unpaired) electrons. The third-order valence-corrected chi connectivity index (χ3v) is 9.74. The monoisotopic (exact) mass is 388 g/mol. The zero-order valence-electron chi connectivity index (χ0n) is 18.4. The van der Waals surface area contributed by atoms with Crippen LogP contribution in [0, 0.1) is 34.5 Å². The number of esters is 1. The number of fused-ring (bicyclic) bond motifs is 5. The van der Waals surface area contributed by atoms with Crippen LogP contribution in [0.3, 0.4) is 0 Å². The second kappa shape index (κ2) is 7.15. The van der Waals surface area contributed by atoms with Gasteiger partial charge >= 0.3 is 5.97 Å². The first-order valence-electron chi connectivity index (χ1n) is 11.7. The lowest BCUT2D eigenvalue weighted by Crippen LogP contribution is -2.51. The van der Waals surface area contributed by atoms with Crippen molar-refractivity contribution in [1.29, 1.82) is 0 Å². The molecular weight excluding hydrogens is 348 g/mol. The van der Waals surface area contributed by atoms with Crippen LogP contribution in [0.5, 0.6) is 0 Å². The molecule has 3 fully saturated rings. The zero-order valence-corrected chi connectivity index (χ0v) is 18.4. The standard InChI is InChI=1S/C25H40O3/c1-23(27)14-15-25(3)18(16-23)8-10-19-20-11-9-17(6-5-7-22(26)28-4)24(20,2)13-12-21(19)25/h8,17,19-21,27H,5-7,9-16H2,1-4H3/t17?,19?,20?,21?,23-,24?,25?/m0/s1. The fraction of sp³-hybridized carbons (Fsp3) is 0.880. The van der Waals surface area contributed by atoms with Gasteiger partial charge in [-0.05, 0) is 106 Å². The Bertz CT molecular complexity index is 650. The van der Waals surface area contributed by atoms with E-state index in [0.717, 1.165) is 49.4 Å². The van der Waals surface area contributed by atoms with E-state index < -0.39 is 5.60 Å². The molecule has 4 aliphatic carbocycles. The molecular formula is C25H40O3. The van der Waals surface area contributed by atoms with E-state index in [1.807, 2.05) is 6.92 Å². The van der Waals surface area contributed by atoms with Crippen molar-refractivity contribution < 1.29 is 14.6 Å². The van der Waals surface area contributed by atoms with E-state index in [-0.39, 0.29) is 5.97 Å². The third kappa shape index (κ3) is 3.26. The summed E-state index contributed by atoms with van der Waals surface area (Å²) in [5.41, 5.74) is 1.83. The molecule has 0 spiro atoms. The molecule has 28 heavy (non-hydrogen) atoms. The third-order valence-electron chi connectivity index (χ3n) is 9.74. The van der Waals surface area contributed by atoms with Crippen molar-refractivity contribution in [2.24, 2.45) is 34.5 Å². The molecule has 0 amide bonds. The van der Waals surface area contributed by atoms with Gasteiger partial charge < -0.3 is 9.84 Å². The van der Waals surface area contributed by atoms with Crippen LogP contribution in [0.4, 0.5) is 0 Å². The summed E-state index contributed by atoms with van der Waals surface area (Å²) in [6, 6.07) is 0. The van der Waals surface area contributed by atoms with E-state index in [1.165, 1.54) is 45.6 Å². The highest BCUT2D eigenvalue weighted by molar-refractivity contribution is 5.68. The topological polar surface area (TPSA) is 46.5 Å². The first-order valence-corrected chi connectivity index (χ1v) is 11.7. The molecule has 3 saturated carbocycles. The molecule has 3 heteroatoms. The predicted molar refractivity (Wildman–Crippen MR) is 112 cm³/mol. The summed E-state index contributed by atoms with van der Waals surface area (Å²) < 4.78 is 4.83. The minimum atomic E-state index is -0.501. The summed E-state index contributed by atoms with van der Waals surface area (Å²) in [6.07, 6.45) is 14.9. The van der Waals surface area contributed by atoms with Gasteiger partial charge in [0.2, 0.25) is 0 Å². The normalized spacial score (nSPS) is 47.5. The first-order chi connectivity index (χ1) is 13.2. The summed E-state index contributed by atoms with van der Waals surface area (Å²) in [7, 11) is 1.49. The van der Waals surface area contributed by atoms with E-state index in [2.05, 4.69) is 19.9 Å². The number of carbonyl (C=O) groups excluding carboxylic acids is 1. The number of carbonyl (C=O) groups is 1. The lowest BCUT2D eigenvalue weighted by Gasteiger charge is -2.59. The maximum absolute atomic E-state index is 11.5. The number of rotatable bonds is 4. The van der Waals surface area contributed by atoms with E-state index in [4.69, 9.17) is 4.74 Å². The summed E-state index contributed by atoms with van der Waals surface area (Å²) in [5.74, 6) is 3.17. The Labute approximate surface area is 171 Å². The molecule has 6 unspecified atom stereocenters. The number of hydrogen-bond acceptors (Lipinski definition) is 3. The highest BCUT2D eigenvalue weighted by Crippen LogP contribution is 2.67. The smallest absolute Gasteiger partial charge is 0.305 e. The fourth-order valence-electron chi connectivity index (χ4n) is 7.98. The Morgan fingerprint density at radius 1 is 1.14 bits per heavy atom. The molecule has 4 rings (SSSR count). The summed E-state index contributed by atoms with van der Waals surface area (Å²) in [5, 5.41) is 10.6.